The molecule has 1 amide bonds. The predicted molar refractivity (Wildman–Crippen MR) is 79.1 cm³/mol. The molecule has 0 aliphatic carbocycles. The van der Waals surface area contributed by atoms with E-state index < -0.39 is 0 Å². The number of likely N-dealkylation sites (tertiary alicyclic amines) is 1. The van der Waals surface area contributed by atoms with Gasteiger partial charge in [-0.05, 0) is 25.3 Å². The number of carbonyl (C=O) groups excluding carboxylic acids is 1. The number of nitrogens with zero attached hydrogens (tertiary/aromatic N) is 3. The van der Waals surface area contributed by atoms with E-state index in [9.17, 15) is 4.79 Å². The number of ether oxygens (including phenoxy) is 1. The summed E-state index contributed by atoms with van der Waals surface area (Å²) < 4.78 is 15.8. The number of amides is 1. The molecule has 1 unspecified atom stereocenters. The van der Waals surface area contributed by atoms with Crippen LogP contribution in [0.5, 0.6) is 0 Å². The second kappa shape index (κ2) is 6.16. The van der Waals surface area contributed by atoms with Crippen LogP contribution < -0.4 is 0 Å². The Kier molecular flexibility index (Phi) is 3.87. The average Bonchev–Trinajstić information content (AvgIpc) is 3.35. The molecule has 2 fully saturated rings. The summed E-state index contributed by atoms with van der Waals surface area (Å²) in [5.41, 5.74) is 0.582. The van der Waals surface area contributed by atoms with Crippen molar-refractivity contribution in [3.63, 3.8) is 0 Å². The first-order chi connectivity index (χ1) is 11.3. The molecule has 2 aromatic rings. The standard InChI is InChI=1S/C16H19N3O4/c20-16(13-4-8-22-10-13)19-5-1-12(9-19)15-17-14(18-23-15)11-2-6-21-7-3-11/h4,8,10-12H,1-3,5-7,9H2. The summed E-state index contributed by atoms with van der Waals surface area (Å²) in [5.74, 6) is 1.86. The fourth-order valence-corrected chi connectivity index (χ4v) is 3.25. The van der Waals surface area contributed by atoms with Gasteiger partial charge in [-0.2, -0.15) is 4.98 Å². The van der Waals surface area contributed by atoms with E-state index in [0.29, 0.717) is 30.5 Å². The molecular weight excluding hydrogens is 298 g/mol. The molecule has 0 aromatic carbocycles. The maximum absolute atomic E-state index is 12.3. The fourth-order valence-electron chi connectivity index (χ4n) is 3.25. The van der Waals surface area contributed by atoms with Crippen molar-refractivity contribution in [1.82, 2.24) is 15.0 Å². The van der Waals surface area contributed by atoms with E-state index in [1.807, 2.05) is 4.90 Å². The molecule has 7 nitrogen and oxygen atoms in total. The summed E-state index contributed by atoms with van der Waals surface area (Å²) in [7, 11) is 0. The van der Waals surface area contributed by atoms with Gasteiger partial charge >= 0.3 is 0 Å². The van der Waals surface area contributed by atoms with Crippen LogP contribution in [0.4, 0.5) is 0 Å². The first-order valence-corrected chi connectivity index (χ1v) is 8.04. The maximum atomic E-state index is 12.3. The highest BCUT2D eigenvalue weighted by molar-refractivity contribution is 5.94. The van der Waals surface area contributed by atoms with Crippen LogP contribution >= 0.6 is 0 Å². The highest BCUT2D eigenvalue weighted by atomic mass is 16.5. The van der Waals surface area contributed by atoms with E-state index in [4.69, 9.17) is 13.7 Å². The largest absolute Gasteiger partial charge is 0.472 e. The zero-order chi connectivity index (χ0) is 15.6. The Hall–Kier alpha value is -2.15. The van der Waals surface area contributed by atoms with Crippen LogP contribution in [-0.4, -0.2) is 47.3 Å². The summed E-state index contributed by atoms with van der Waals surface area (Å²) in [6.07, 6.45) is 5.72. The van der Waals surface area contributed by atoms with Crippen LogP contribution in [0, 0.1) is 0 Å². The molecule has 0 N–H and O–H groups in total. The van der Waals surface area contributed by atoms with Gasteiger partial charge in [0.1, 0.15) is 6.26 Å². The molecule has 23 heavy (non-hydrogen) atoms. The predicted octanol–water partition coefficient (Wildman–Crippen LogP) is 2.19. The zero-order valence-corrected chi connectivity index (χ0v) is 12.8. The Balaban J connectivity index is 1.41. The molecular formula is C16H19N3O4. The Morgan fingerprint density at radius 3 is 2.87 bits per heavy atom. The highest BCUT2D eigenvalue weighted by Crippen LogP contribution is 2.30. The number of hydrogen-bond acceptors (Lipinski definition) is 6. The minimum Gasteiger partial charge on any atom is -0.472 e. The Bertz CT molecular complexity index is 661. The van der Waals surface area contributed by atoms with Crippen LogP contribution in [-0.2, 0) is 4.74 Å². The molecule has 2 saturated heterocycles. The van der Waals surface area contributed by atoms with Crippen molar-refractivity contribution in [1.29, 1.82) is 0 Å². The van der Waals surface area contributed by atoms with E-state index in [2.05, 4.69) is 10.1 Å². The molecule has 0 radical (unpaired) electrons. The fraction of sp³-hybridized carbons (Fsp3) is 0.562. The SMILES string of the molecule is O=C(c1ccoc1)N1CCC(c2nc(C3CCOCC3)no2)C1. The van der Waals surface area contributed by atoms with Crippen LogP contribution in [0.1, 0.15) is 53.2 Å². The smallest absolute Gasteiger partial charge is 0.257 e. The summed E-state index contributed by atoms with van der Waals surface area (Å²) in [6, 6.07) is 1.69. The van der Waals surface area contributed by atoms with E-state index in [-0.39, 0.29) is 11.8 Å². The monoisotopic (exact) mass is 317 g/mol. The Morgan fingerprint density at radius 2 is 2.09 bits per heavy atom. The molecule has 122 valence electrons. The molecule has 4 heterocycles. The van der Waals surface area contributed by atoms with Gasteiger partial charge < -0.3 is 18.6 Å². The van der Waals surface area contributed by atoms with Gasteiger partial charge in [0.05, 0.1) is 17.7 Å². The van der Waals surface area contributed by atoms with Crippen LogP contribution in [0.15, 0.2) is 27.5 Å². The zero-order valence-electron chi connectivity index (χ0n) is 12.8. The molecule has 0 saturated carbocycles. The van der Waals surface area contributed by atoms with Crippen molar-refractivity contribution >= 4 is 5.91 Å². The number of carbonyl (C=O) groups is 1. The third kappa shape index (κ3) is 2.88. The highest BCUT2D eigenvalue weighted by Gasteiger charge is 2.32. The van der Waals surface area contributed by atoms with Crippen molar-refractivity contribution in [2.24, 2.45) is 0 Å². The minimum atomic E-state index is -0.00887. The third-order valence-electron chi connectivity index (χ3n) is 4.64. The van der Waals surface area contributed by atoms with E-state index in [0.717, 1.165) is 38.3 Å². The lowest BCUT2D eigenvalue weighted by molar-refractivity contribution is 0.0789. The molecule has 0 bridgehead atoms. The van der Waals surface area contributed by atoms with Gasteiger partial charge in [0, 0.05) is 32.2 Å². The molecule has 1 atom stereocenters. The molecule has 4 rings (SSSR count). The minimum absolute atomic E-state index is 0.00887. The summed E-state index contributed by atoms with van der Waals surface area (Å²) in [4.78, 5) is 18.7. The quantitative estimate of drug-likeness (QED) is 0.863. The second-order valence-corrected chi connectivity index (χ2v) is 6.13. The van der Waals surface area contributed by atoms with Crippen molar-refractivity contribution in [3.05, 3.63) is 35.9 Å². The van der Waals surface area contributed by atoms with Crippen molar-refractivity contribution in [2.45, 2.75) is 31.1 Å². The summed E-state index contributed by atoms with van der Waals surface area (Å²) >= 11 is 0. The maximum Gasteiger partial charge on any atom is 0.257 e. The number of rotatable bonds is 3. The van der Waals surface area contributed by atoms with Gasteiger partial charge in [0.15, 0.2) is 5.82 Å². The lowest BCUT2D eigenvalue weighted by atomic mass is 10.00. The second-order valence-electron chi connectivity index (χ2n) is 6.13. The average molecular weight is 317 g/mol. The Morgan fingerprint density at radius 1 is 1.22 bits per heavy atom. The van der Waals surface area contributed by atoms with E-state index in [1.54, 1.807) is 6.07 Å². The topological polar surface area (TPSA) is 81.6 Å². The normalized spacial score (nSPS) is 22.6. The summed E-state index contributed by atoms with van der Waals surface area (Å²) in [5, 5.41) is 4.14. The van der Waals surface area contributed by atoms with Gasteiger partial charge in [-0.25, -0.2) is 0 Å². The van der Waals surface area contributed by atoms with E-state index >= 15 is 0 Å². The van der Waals surface area contributed by atoms with E-state index in [1.165, 1.54) is 12.5 Å². The van der Waals surface area contributed by atoms with Gasteiger partial charge in [-0.15, -0.1) is 0 Å². The van der Waals surface area contributed by atoms with Crippen LogP contribution in [0.25, 0.3) is 0 Å². The molecule has 2 aliphatic heterocycles. The van der Waals surface area contributed by atoms with Crippen molar-refractivity contribution < 1.29 is 18.5 Å². The molecule has 2 aromatic heterocycles. The Labute approximate surface area is 133 Å². The third-order valence-corrected chi connectivity index (χ3v) is 4.64. The van der Waals surface area contributed by atoms with Gasteiger partial charge in [-0.1, -0.05) is 5.16 Å². The lowest BCUT2D eigenvalue weighted by Gasteiger charge is -2.18. The van der Waals surface area contributed by atoms with Gasteiger partial charge in [0.2, 0.25) is 5.89 Å². The molecule has 7 heteroatoms. The van der Waals surface area contributed by atoms with Crippen molar-refractivity contribution in [2.75, 3.05) is 26.3 Å². The lowest BCUT2D eigenvalue weighted by Crippen LogP contribution is -2.28. The first-order valence-electron chi connectivity index (χ1n) is 8.04. The molecule has 2 aliphatic rings. The number of aromatic nitrogens is 2. The number of furan rings is 1. The first kappa shape index (κ1) is 14.4. The number of hydrogen-bond donors (Lipinski definition) is 0. The van der Waals surface area contributed by atoms with Crippen LogP contribution in [0.2, 0.25) is 0 Å². The van der Waals surface area contributed by atoms with Gasteiger partial charge in [0.25, 0.3) is 5.91 Å². The van der Waals surface area contributed by atoms with Gasteiger partial charge in [-0.3, -0.25) is 4.79 Å². The summed E-state index contributed by atoms with van der Waals surface area (Å²) in [6.45, 7) is 2.82. The van der Waals surface area contributed by atoms with Crippen LogP contribution in [0.3, 0.4) is 0 Å². The molecule has 0 spiro atoms. The van der Waals surface area contributed by atoms with Crippen molar-refractivity contribution in [3.8, 4) is 0 Å².